The van der Waals surface area contributed by atoms with E-state index in [0.29, 0.717) is 36.0 Å². The summed E-state index contributed by atoms with van der Waals surface area (Å²) in [4.78, 5) is 63.8. The van der Waals surface area contributed by atoms with E-state index in [2.05, 4.69) is 25.9 Å². The van der Waals surface area contributed by atoms with Crippen LogP contribution in [0, 0.1) is 23.1 Å². The fraction of sp³-hybridized carbons (Fsp3) is 0.324. The summed E-state index contributed by atoms with van der Waals surface area (Å²) in [5.41, 5.74) is -0.578. The average molecular weight is 721 g/mol. The van der Waals surface area contributed by atoms with Crippen molar-refractivity contribution in [1.82, 2.24) is 25.5 Å². The highest BCUT2D eigenvalue weighted by Gasteiger charge is 2.47. The van der Waals surface area contributed by atoms with Crippen LogP contribution in [-0.2, 0) is 15.8 Å². The fourth-order valence-electron chi connectivity index (χ4n) is 6.35. The van der Waals surface area contributed by atoms with Crippen molar-refractivity contribution in [3.63, 3.8) is 0 Å². The number of nitrogens with one attached hydrogen (secondary N) is 3. The number of hydrogen-bond acceptors (Lipinski definition) is 8. The molecular formula is C34H28F4N8O4S. The summed E-state index contributed by atoms with van der Waals surface area (Å²) < 4.78 is 54.9. The molecule has 1 saturated carbocycles. The summed E-state index contributed by atoms with van der Waals surface area (Å²) in [7, 11) is 0. The molecule has 51 heavy (non-hydrogen) atoms. The van der Waals surface area contributed by atoms with Crippen molar-refractivity contribution in [3.8, 4) is 6.07 Å². The number of nitrogens with zero attached hydrogens (tertiary/aromatic N) is 5. The number of aromatic nitrogens is 2. The van der Waals surface area contributed by atoms with Crippen LogP contribution < -0.4 is 20.9 Å². The molecule has 3 atom stereocenters. The van der Waals surface area contributed by atoms with E-state index in [1.54, 1.807) is 11.0 Å². The van der Waals surface area contributed by atoms with Gasteiger partial charge >= 0.3 is 12.2 Å². The molecular weight excluding hydrogens is 692 g/mol. The molecule has 3 aliphatic heterocycles. The van der Waals surface area contributed by atoms with Crippen LogP contribution >= 0.6 is 11.8 Å². The molecule has 3 aromatic rings. The number of amides is 5. The molecule has 2 fully saturated rings. The lowest BCUT2D eigenvalue weighted by Crippen LogP contribution is -2.54. The predicted octanol–water partition coefficient (Wildman–Crippen LogP) is 5.23. The molecule has 2 aromatic heterocycles. The van der Waals surface area contributed by atoms with Gasteiger partial charge in [-0.3, -0.25) is 19.3 Å². The number of hydrogen-bond donors (Lipinski definition) is 3. The monoisotopic (exact) mass is 720 g/mol. The molecule has 2 unspecified atom stereocenters. The van der Waals surface area contributed by atoms with E-state index in [-0.39, 0.29) is 58.6 Å². The van der Waals surface area contributed by atoms with Crippen molar-refractivity contribution in [2.24, 2.45) is 5.92 Å². The van der Waals surface area contributed by atoms with Gasteiger partial charge in [0.05, 0.1) is 23.0 Å². The summed E-state index contributed by atoms with van der Waals surface area (Å²) in [6.07, 6.45) is 2.54. The summed E-state index contributed by atoms with van der Waals surface area (Å²) >= 11 is 1.14. The van der Waals surface area contributed by atoms with Crippen LogP contribution in [0.1, 0.15) is 53.2 Å². The lowest BCUT2D eigenvalue weighted by Gasteiger charge is -2.36. The van der Waals surface area contributed by atoms with Gasteiger partial charge < -0.3 is 20.9 Å². The standard InChI is InChI=1S/C34H28F4N8O4S/c35-22-13-18(29(47)43-25-14-20(7-9-40-25)34(36,37)38)5-6-23(22)46-24-8-10-41-31-26(24)27(44-33(46)50)28(51-31)30(48)42-21-2-1-11-45(16-21)32(49)19(15-39)12-17-3-4-17/h5-10,12-14,17,21,27-28H,1-4,11,16H2,(H,42,48)(H,44,50)(H,40,43,47)/b19-12+/t21?,27?,28-/m1/s1. The van der Waals surface area contributed by atoms with Crippen LogP contribution in [0.3, 0.4) is 0 Å². The van der Waals surface area contributed by atoms with Crippen LogP contribution in [0.25, 0.3) is 0 Å². The fourth-order valence-corrected chi connectivity index (χ4v) is 7.58. The minimum atomic E-state index is -4.66. The Morgan fingerprint density at radius 3 is 2.57 bits per heavy atom. The maximum atomic E-state index is 15.6. The zero-order chi connectivity index (χ0) is 36.0. The molecule has 1 aromatic carbocycles. The second-order valence-corrected chi connectivity index (χ2v) is 13.7. The largest absolute Gasteiger partial charge is 0.416 e. The predicted molar refractivity (Wildman–Crippen MR) is 175 cm³/mol. The van der Waals surface area contributed by atoms with E-state index in [1.165, 1.54) is 24.4 Å². The van der Waals surface area contributed by atoms with E-state index in [4.69, 9.17) is 0 Å². The first-order valence-electron chi connectivity index (χ1n) is 16.0. The number of benzene rings is 1. The third-order valence-corrected chi connectivity index (χ3v) is 10.3. The number of anilines is 3. The van der Waals surface area contributed by atoms with E-state index in [1.807, 2.05) is 6.07 Å². The van der Waals surface area contributed by atoms with E-state index in [0.717, 1.165) is 47.8 Å². The average Bonchev–Trinajstić information content (AvgIpc) is 3.86. The van der Waals surface area contributed by atoms with Crippen molar-refractivity contribution >= 4 is 52.7 Å². The quantitative estimate of drug-likeness (QED) is 0.170. The highest BCUT2D eigenvalue weighted by molar-refractivity contribution is 8.01. The number of carbonyl (C=O) groups is 4. The number of nitriles is 1. The van der Waals surface area contributed by atoms with Gasteiger partial charge in [0.25, 0.3) is 11.8 Å². The summed E-state index contributed by atoms with van der Waals surface area (Å²) in [5, 5.41) is 17.2. The minimum Gasteiger partial charge on any atom is -0.351 e. The van der Waals surface area contributed by atoms with Crippen molar-refractivity contribution in [2.45, 2.75) is 54.2 Å². The van der Waals surface area contributed by atoms with Gasteiger partial charge in [0.1, 0.15) is 33.6 Å². The molecule has 5 amide bonds. The molecule has 17 heteroatoms. The number of pyridine rings is 2. The molecule has 262 valence electrons. The molecule has 12 nitrogen and oxygen atoms in total. The van der Waals surface area contributed by atoms with Gasteiger partial charge in [-0.25, -0.2) is 19.2 Å². The second kappa shape index (κ2) is 13.3. The van der Waals surface area contributed by atoms with E-state index in [9.17, 15) is 37.6 Å². The molecule has 5 heterocycles. The van der Waals surface area contributed by atoms with Crippen molar-refractivity contribution in [1.29, 1.82) is 5.26 Å². The van der Waals surface area contributed by atoms with E-state index >= 15 is 4.39 Å². The van der Waals surface area contributed by atoms with Gasteiger partial charge in [-0.05, 0) is 68.0 Å². The second-order valence-electron chi connectivity index (χ2n) is 12.5. The highest BCUT2D eigenvalue weighted by atomic mass is 32.2. The Morgan fingerprint density at radius 1 is 1.06 bits per heavy atom. The number of carbonyl (C=O) groups excluding carboxylic acids is 4. The van der Waals surface area contributed by atoms with Crippen LogP contribution in [0.2, 0.25) is 0 Å². The number of halogens is 4. The number of alkyl halides is 3. The van der Waals surface area contributed by atoms with Gasteiger partial charge in [0, 0.05) is 42.7 Å². The third kappa shape index (κ3) is 6.83. The number of allylic oxidation sites excluding steroid dienone is 1. The van der Waals surface area contributed by atoms with Gasteiger partial charge in [-0.1, -0.05) is 17.8 Å². The number of piperidine rings is 1. The molecule has 7 rings (SSSR count). The first kappa shape index (κ1) is 34.0. The molecule has 0 bridgehead atoms. The lowest BCUT2D eigenvalue weighted by molar-refractivity contribution is -0.137. The first-order chi connectivity index (χ1) is 24.4. The lowest BCUT2D eigenvalue weighted by atomic mass is 9.98. The van der Waals surface area contributed by atoms with E-state index < -0.39 is 40.8 Å². The molecule has 4 aliphatic rings. The van der Waals surface area contributed by atoms with Crippen LogP contribution in [0.15, 0.2) is 65.5 Å². The first-order valence-corrected chi connectivity index (χ1v) is 16.9. The Hall–Kier alpha value is -5.50. The normalized spacial score (nSPS) is 21.4. The summed E-state index contributed by atoms with van der Waals surface area (Å²) in [5.74, 6) is -2.75. The number of urea groups is 1. The zero-order valence-corrected chi connectivity index (χ0v) is 27.4. The minimum absolute atomic E-state index is 0.112. The van der Waals surface area contributed by atoms with Gasteiger partial charge in [-0.15, -0.1) is 0 Å². The number of rotatable bonds is 7. The van der Waals surface area contributed by atoms with Gasteiger partial charge in [0.2, 0.25) is 5.91 Å². The van der Waals surface area contributed by atoms with Crippen LogP contribution in [0.4, 0.5) is 39.5 Å². The molecule has 3 N–H and O–H groups in total. The maximum absolute atomic E-state index is 15.6. The molecule has 1 saturated heterocycles. The molecule has 0 spiro atoms. The highest BCUT2D eigenvalue weighted by Crippen LogP contribution is 2.51. The maximum Gasteiger partial charge on any atom is 0.416 e. The van der Waals surface area contributed by atoms with Gasteiger partial charge in [-0.2, -0.15) is 18.4 Å². The molecule has 1 aliphatic carbocycles. The van der Waals surface area contributed by atoms with Gasteiger partial charge in [0.15, 0.2) is 0 Å². The zero-order valence-electron chi connectivity index (χ0n) is 26.5. The Balaban J connectivity index is 1.06. The number of likely N-dealkylation sites (tertiary alicyclic amines) is 1. The van der Waals surface area contributed by atoms with Crippen molar-refractivity contribution in [2.75, 3.05) is 23.3 Å². The van der Waals surface area contributed by atoms with Crippen molar-refractivity contribution < 1.29 is 36.7 Å². The topological polar surface area (TPSA) is 160 Å². The van der Waals surface area contributed by atoms with Crippen LogP contribution in [-0.4, -0.2) is 63.0 Å². The van der Waals surface area contributed by atoms with Crippen LogP contribution in [0.5, 0.6) is 0 Å². The Morgan fingerprint density at radius 2 is 1.84 bits per heavy atom. The smallest absolute Gasteiger partial charge is 0.351 e. The van der Waals surface area contributed by atoms with Crippen molar-refractivity contribution in [3.05, 3.63) is 82.9 Å². The Labute approximate surface area is 292 Å². The number of thioether (sulfide) groups is 1. The molecule has 0 radical (unpaired) electrons. The summed E-state index contributed by atoms with van der Waals surface area (Å²) in [6.45, 7) is 0.701. The SMILES string of the molecule is N#C/C(=C\C1CC1)C(=O)N1CCCC(NC(=O)[C@@H]2Sc3nccc4c3C2NC(=O)N4c2ccc(C(=O)Nc3cc(C(F)(F)F)ccn3)cc2F)C1. The third-order valence-electron chi connectivity index (χ3n) is 8.97. The Kier molecular flexibility index (Phi) is 8.87. The Bertz CT molecular complexity index is 2030. The summed E-state index contributed by atoms with van der Waals surface area (Å²) in [6, 6.07) is 6.24.